The van der Waals surface area contributed by atoms with Crippen LogP contribution in [0.1, 0.15) is 24.3 Å². The van der Waals surface area contributed by atoms with E-state index in [-0.39, 0.29) is 18.2 Å². The Balaban J connectivity index is 2.16. The molecule has 1 aromatic heterocycles. The van der Waals surface area contributed by atoms with Crippen molar-refractivity contribution in [2.24, 2.45) is 0 Å². The lowest BCUT2D eigenvalue weighted by Gasteiger charge is -2.22. The van der Waals surface area contributed by atoms with Crippen molar-refractivity contribution in [3.8, 4) is 5.69 Å². The molecule has 0 aliphatic carbocycles. The number of carbonyl (C=O) groups excluding carboxylic acids is 1. The van der Waals surface area contributed by atoms with Crippen LogP contribution in [-0.2, 0) is 0 Å². The maximum absolute atomic E-state index is 11.9. The van der Waals surface area contributed by atoms with E-state index < -0.39 is 5.54 Å². The lowest BCUT2D eigenvalue weighted by Crippen LogP contribution is -2.46. The second-order valence-corrected chi connectivity index (χ2v) is 4.85. The standard InChI is InChI=1S/C13H16N4O2/c1-13(2,9-18)15-12(19)11-8-14-17(16-11)10-6-4-3-5-7-10/h3-8,18H,9H2,1-2H3,(H,15,19). The van der Waals surface area contributed by atoms with Gasteiger partial charge in [0.15, 0.2) is 5.69 Å². The SMILES string of the molecule is CC(C)(CO)NC(=O)c1cnn(-c2ccccc2)n1. The van der Waals surface area contributed by atoms with E-state index in [0.29, 0.717) is 0 Å². The van der Waals surface area contributed by atoms with Gasteiger partial charge in [-0.3, -0.25) is 4.79 Å². The van der Waals surface area contributed by atoms with Crippen LogP contribution in [0.3, 0.4) is 0 Å². The topological polar surface area (TPSA) is 80.0 Å². The van der Waals surface area contributed by atoms with Gasteiger partial charge in [-0.1, -0.05) is 18.2 Å². The number of rotatable bonds is 4. The number of carbonyl (C=O) groups is 1. The molecule has 0 aliphatic heterocycles. The number of amides is 1. The fraction of sp³-hybridized carbons (Fsp3) is 0.308. The van der Waals surface area contributed by atoms with E-state index in [4.69, 9.17) is 5.11 Å². The van der Waals surface area contributed by atoms with E-state index in [1.54, 1.807) is 13.8 Å². The van der Waals surface area contributed by atoms with Crippen LogP contribution in [0.4, 0.5) is 0 Å². The lowest BCUT2D eigenvalue weighted by atomic mass is 10.1. The highest BCUT2D eigenvalue weighted by Gasteiger charge is 2.21. The van der Waals surface area contributed by atoms with Gasteiger partial charge in [0.2, 0.25) is 0 Å². The summed E-state index contributed by atoms with van der Waals surface area (Å²) in [6.45, 7) is 3.31. The van der Waals surface area contributed by atoms with Gasteiger partial charge in [0.25, 0.3) is 5.91 Å². The van der Waals surface area contributed by atoms with E-state index in [1.807, 2.05) is 30.3 Å². The van der Waals surface area contributed by atoms with Crippen LogP contribution in [0, 0.1) is 0 Å². The Morgan fingerprint density at radius 2 is 2.05 bits per heavy atom. The average Bonchev–Trinajstić information content (AvgIpc) is 2.89. The van der Waals surface area contributed by atoms with Crippen LogP contribution in [0.15, 0.2) is 36.5 Å². The molecular formula is C13H16N4O2. The molecule has 0 saturated carbocycles. The summed E-state index contributed by atoms with van der Waals surface area (Å²) in [4.78, 5) is 13.3. The summed E-state index contributed by atoms with van der Waals surface area (Å²) in [5.74, 6) is -0.360. The highest BCUT2D eigenvalue weighted by Crippen LogP contribution is 2.06. The molecule has 0 aliphatic rings. The Kier molecular flexibility index (Phi) is 3.62. The summed E-state index contributed by atoms with van der Waals surface area (Å²) in [5.41, 5.74) is 0.307. The molecule has 1 aromatic carbocycles. The third-order valence-corrected chi connectivity index (χ3v) is 2.56. The molecule has 0 radical (unpaired) electrons. The van der Waals surface area contributed by atoms with Crippen LogP contribution < -0.4 is 5.32 Å². The van der Waals surface area contributed by atoms with E-state index in [9.17, 15) is 4.79 Å². The normalized spacial score (nSPS) is 11.3. The van der Waals surface area contributed by atoms with Gasteiger partial charge in [0, 0.05) is 0 Å². The summed E-state index contributed by atoms with van der Waals surface area (Å²) in [6, 6.07) is 9.32. The molecule has 1 heterocycles. The minimum Gasteiger partial charge on any atom is -0.394 e. The Morgan fingerprint density at radius 3 is 2.68 bits per heavy atom. The van der Waals surface area contributed by atoms with E-state index in [2.05, 4.69) is 15.5 Å². The average molecular weight is 260 g/mol. The third-order valence-electron chi connectivity index (χ3n) is 2.56. The summed E-state index contributed by atoms with van der Waals surface area (Å²) in [7, 11) is 0. The molecule has 0 saturated heterocycles. The summed E-state index contributed by atoms with van der Waals surface area (Å²) >= 11 is 0. The molecule has 19 heavy (non-hydrogen) atoms. The number of hydrogen-bond donors (Lipinski definition) is 2. The van der Waals surface area contributed by atoms with E-state index >= 15 is 0 Å². The van der Waals surface area contributed by atoms with Crippen molar-refractivity contribution >= 4 is 5.91 Å². The van der Waals surface area contributed by atoms with Crippen LogP contribution in [0.2, 0.25) is 0 Å². The zero-order valence-electron chi connectivity index (χ0n) is 10.9. The predicted molar refractivity (Wildman–Crippen MR) is 70.0 cm³/mol. The van der Waals surface area contributed by atoms with Gasteiger partial charge >= 0.3 is 0 Å². The second-order valence-electron chi connectivity index (χ2n) is 4.85. The number of nitrogens with one attached hydrogen (secondary N) is 1. The molecule has 0 fully saturated rings. The lowest BCUT2D eigenvalue weighted by molar-refractivity contribution is 0.0864. The van der Waals surface area contributed by atoms with E-state index in [0.717, 1.165) is 5.69 Å². The Hall–Kier alpha value is -2.21. The highest BCUT2D eigenvalue weighted by atomic mass is 16.3. The summed E-state index contributed by atoms with van der Waals surface area (Å²) in [6.07, 6.45) is 1.40. The molecule has 0 unspecified atom stereocenters. The number of aliphatic hydroxyl groups is 1. The highest BCUT2D eigenvalue weighted by molar-refractivity contribution is 5.92. The van der Waals surface area contributed by atoms with Crippen LogP contribution in [0.25, 0.3) is 5.69 Å². The smallest absolute Gasteiger partial charge is 0.273 e. The number of aliphatic hydroxyl groups excluding tert-OH is 1. The number of hydrogen-bond acceptors (Lipinski definition) is 4. The Morgan fingerprint density at radius 1 is 1.37 bits per heavy atom. The number of aromatic nitrogens is 3. The van der Waals surface area contributed by atoms with Gasteiger partial charge in [-0.15, -0.1) is 5.10 Å². The first-order chi connectivity index (χ1) is 9.02. The molecule has 0 bridgehead atoms. The minimum absolute atomic E-state index is 0.147. The molecule has 2 N–H and O–H groups in total. The van der Waals surface area contributed by atoms with Crippen molar-refractivity contribution in [3.63, 3.8) is 0 Å². The number of para-hydroxylation sites is 1. The van der Waals surface area contributed by atoms with Gasteiger partial charge in [-0.25, -0.2) is 0 Å². The van der Waals surface area contributed by atoms with Gasteiger partial charge < -0.3 is 10.4 Å². The molecule has 2 aromatic rings. The molecule has 0 spiro atoms. The zero-order valence-corrected chi connectivity index (χ0v) is 10.9. The van der Waals surface area contributed by atoms with Crippen molar-refractivity contribution in [2.75, 3.05) is 6.61 Å². The first-order valence-corrected chi connectivity index (χ1v) is 5.93. The van der Waals surface area contributed by atoms with Crippen molar-refractivity contribution in [3.05, 3.63) is 42.2 Å². The first kappa shape index (κ1) is 13.2. The fourth-order valence-electron chi connectivity index (χ4n) is 1.46. The monoisotopic (exact) mass is 260 g/mol. The van der Waals surface area contributed by atoms with Gasteiger partial charge in [-0.05, 0) is 26.0 Å². The molecule has 100 valence electrons. The maximum Gasteiger partial charge on any atom is 0.273 e. The zero-order chi connectivity index (χ0) is 13.9. The van der Waals surface area contributed by atoms with Gasteiger partial charge in [0.1, 0.15) is 0 Å². The fourth-order valence-corrected chi connectivity index (χ4v) is 1.46. The molecule has 6 heteroatoms. The first-order valence-electron chi connectivity index (χ1n) is 5.93. The largest absolute Gasteiger partial charge is 0.394 e. The van der Waals surface area contributed by atoms with E-state index in [1.165, 1.54) is 11.0 Å². The van der Waals surface area contributed by atoms with Gasteiger partial charge in [0.05, 0.1) is 24.0 Å². The summed E-state index contributed by atoms with van der Waals surface area (Å²) < 4.78 is 0. The molecule has 2 rings (SSSR count). The molecule has 6 nitrogen and oxygen atoms in total. The maximum atomic E-state index is 11.9. The van der Waals surface area contributed by atoms with Crippen molar-refractivity contribution in [1.82, 2.24) is 20.3 Å². The van der Waals surface area contributed by atoms with Crippen LogP contribution >= 0.6 is 0 Å². The second kappa shape index (κ2) is 5.19. The third kappa shape index (κ3) is 3.17. The van der Waals surface area contributed by atoms with Crippen molar-refractivity contribution in [2.45, 2.75) is 19.4 Å². The van der Waals surface area contributed by atoms with Crippen LogP contribution in [0.5, 0.6) is 0 Å². The van der Waals surface area contributed by atoms with Crippen molar-refractivity contribution in [1.29, 1.82) is 0 Å². The van der Waals surface area contributed by atoms with Gasteiger partial charge in [-0.2, -0.15) is 9.90 Å². The Labute approximate surface area is 111 Å². The minimum atomic E-state index is -0.687. The molecular weight excluding hydrogens is 244 g/mol. The Bertz CT molecular complexity index is 563. The van der Waals surface area contributed by atoms with Crippen molar-refractivity contribution < 1.29 is 9.90 Å². The predicted octanol–water partition coefficient (Wildman–Crippen LogP) is 0.768. The van der Waals surface area contributed by atoms with Crippen LogP contribution in [-0.4, -0.2) is 38.2 Å². The molecule has 0 atom stereocenters. The number of benzene rings is 1. The summed E-state index contributed by atoms with van der Waals surface area (Å²) in [5, 5.41) is 20.0. The quantitative estimate of drug-likeness (QED) is 0.851. The molecule has 1 amide bonds. The number of nitrogens with zero attached hydrogens (tertiary/aromatic N) is 3.